The van der Waals surface area contributed by atoms with Crippen molar-refractivity contribution in [1.29, 1.82) is 0 Å². The average molecular weight is 436 g/mol. The van der Waals surface area contributed by atoms with Crippen molar-refractivity contribution in [3.05, 3.63) is 81.7 Å². The van der Waals surface area contributed by atoms with Gasteiger partial charge in [0, 0.05) is 11.6 Å². The molecule has 2 N–H and O–H groups in total. The van der Waals surface area contributed by atoms with Gasteiger partial charge in [-0.05, 0) is 48.4 Å². The maximum Gasteiger partial charge on any atom is 0.261 e. The minimum absolute atomic E-state index is 0.0272. The van der Waals surface area contributed by atoms with E-state index >= 15 is 0 Å². The SMILES string of the molecule is Cc1cc(S(=O)(=O)c2ccc(Cl)cc2)sc1C(=O)NC[C@@H](O)c1ccccc1. The van der Waals surface area contributed by atoms with Crippen LogP contribution in [-0.4, -0.2) is 26.0 Å². The number of hydrogen-bond acceptors (Lipinski definition) is 5. The summed E-state index contributed by atoms with van der Waals surface area (Å²) < 4.78 is 25.6. The fourth-order valence-corrected chi connectivity index (χ4v) is 5.59. The molecule has 1 heterocycles. The Kier molecular flexibility index (Phi) is 6.20. The number of amides is 1. The summed E-state index contributed by atoms with van der Waals surface area (Å²) in [5.74, 6) is -0.421. The van der Waals surface area contributed by atoms with Crippen molar-refractivity contribution >= 4 is 38.7 Å². The molecule has 1 atom stereocenters. The second kappa shape index (κ2) is 8.45. The number of sulfone groups is 1. The van der Waals surface area contributed by atoms with Crippen molar-refractivity contribution in [2.45, 2.75) is 22.1 Å². The van der Waals surface area contributed by atoms with Crippen LogP contribution >= 0.6 is 22.9 Å². The van der Waals surface area contributed by atoms with E-state index < -0.39 is 21.8 Å². The molecule has 0 unspecified atom stereocenters. The summed E-state index contributed by atoms with van der Waals surface area (Å²) in [5.41, 5.74) is 1.25. The van der Waals surface area contributed by atoms with Crippen LogP contribution in [0.1, 0.15) is 26.9 Å². The van der Waals surface area contributed by atoms with Gasteiger partial charge in [0.15, 0.2) is 0 Å². The second-order valence-electron chi connectivity index (χ2n) is 6.17. The van der Waals surface area contributed by atoms with Crippen molar-refractivity contribution in [2.24, 2.45) is 0 Å². The minimum Gasteiger partial charge on any atom is -0.387 e. The lowest BCUT2D eigenvalue weighted by atomic mass is 10.1. The first kappa shape index (κ1) is 20.5. The Bertz CT molecular complexity index is 1080. The van der Waals surface area contributed by atoms with E-state index in [0.717, 1.165) is 11.3 Å². The van der Waals surface area contributed by atoms with Gasteiger partial charge in [0.25, 0.3) is 5.91 Å². The molecule has 8 heteroatoms. The Balaban J connectivity index is 1.76. The van der Waals surface area contributed by atoms with E-state index in [1.807, 2.05) is 6.07 Å². The van der Waals surface area contributed by atoms with E-state index in [0.29, 0.717) is 21.0 Å². The molecular formula is C20H18ClNO4S2. The van der Waals surface area contributed by atoms with Crippen molar-refractivity contribution in [3.8, 4) is 0 Å². The molecule has 0 spiro atoms. The van der Waals surface area contributed by atoms with Crippen LogP contribution in [0.2, 0.25) is 5.02 Å². The van der Waals surface area contributed by atoms with Crippen molar-refractivity contribution in [2.75, 3.05) is 6.54 Å². The van der Waals surface area contributed by atoms with Crippen molar-refractivity contribution in [1.82, 2.24) is 5.32 Å². The van der Waals surface area contributed by atoms with Crippen LogP contribution in [0.15, 0.2) is 69.8 Å². The normalized spacial score (nSPS) is 12.5. The highest BCUT2D eigenvalue weighted by Crippen LogP contribution is 2.31. The first-order valence-corrected chi connectivity index (χ1v) is 11.1. The molecule has 0 saturated heterocycles. The van der Waals surface area contributed by atoms with Crippen molar-refractivity contribution < 1.29 is 18.3 Å². The van der Waals surface area contributed by atoms with E-state index in [-0.39, 0.29) is 15.6 Å². The molecule has 0 aliphatic carbocycles. The van der Waals surface area contributed by atoms with Crippen LogP contribution in [0.4, 0.5) is 0 Å². The zero-order valence-electron chi connectivity index (χ0n) is 14.9. The molecule has 0 saturated carbocycles. The summed E-state index contributed by atoms with van der Waals surface area (Å²) in [5, 5.41) is 13.3. The monoisotopic (exact) mass is 435 g/mol. The van der Waals surface area contributed by atoms with Gasteiger partial charge in [0.2, 0.25) is 9.84 Å². The molecule has 0 aliphatic rings. The van der Waals surface area contributed by atoms with Gasteiger partial charge in [-0.1, -0.05) is 41.9 Å². The number of aliphatic hydroxyl groups is 1. The van der Waals surface area contributed by atoms with Gasteiger partial charge in [0.05, 0.1) is 15.9 Å². The third kappa shape index (κ3) is 4.44. The molecule has 1 aromatic heterocycles. The van der Waals surface area contributed by atoms with Crippen molar-refractivity contribution in [3.63, 3.8) is 0 Å². The highest BCUT2D eigenvalue weighted by atomic mass is 35.5. The molecule has 146 valence electrons. The van der Waals surface area contributed by atoms with Gasteiger partial charge in [0.1, 0.15) is 4.21 Å². The number of aliphatic hydroxyl groups excluding tert-OH is 1. The van der Waals surface area contributed by atoms with Gasteiger partial charge in [-0.3, -0.25) is 4.79 Å². The Labute approximate surface area is 172 Å². The quantitative estimate of drug-likeness (QED) is 0.612. The zero-order chi connectivity index (χ0) is 20.3. The van der Waals surface area contributed by atoms with Crippen LogP contribution < -0.4 is 5.32 Å². The largest absolute Gasteiger partial charge is 0.387 e. The molecule has 5 nitrogen and oxygen atoms in total. The predicted octanol–water partition coefficient (Wildman–Crippen LogP) is 4.01. The molecule has 2 aromatic carbocycles. The first-order chi connectivity index (χ1) is 13.3. The lowest BCUT2D eigenvalue weighted by Gasteiger charge is -2.11. The van der Waals surface area contributed by atoms with Crippen LogP contribution in [-0.2, 0) is 9.84 Å². The number of benzene rings is 2. The average Bonchev–Trinajstić information content (AvgIpc) is 3.09. The second-order valence-corrected chi connectivity index (χ2v) is 9.84. The Morgan fingerprint density at radius 1 is 1.14 bits per heavy atom. The molecule has 3 aromatic rings. The predicted molar refractivity (Wildman–Crippen MR) is 110 cm³/mol. The maximum atomic E-state index is 12.8. The lowest BCUT2D eigenvalue weighted by molar-refractivity contribution is 0.0920. The maximum absolute atomic E-state index is 12.8. The Morgan fingerprint density at radius 2 is 1.79 bits per heavy atom. The number of thiophene rings is 1. The van der Waals surface area contributed by atoms with Crippen LogP contribution in [0.25, 0.3) is 0 Å². The standard InChI is InChI=1S/C20H18ClNO4S2/c1-13-11-18(28(25,26)16-9-7-15(21)8-10-16)27-19(13)20(24)22-12-17(23)14-5-3-2-4-6-14/h2-11,17,23H,12H2,1H3,(H,22,24)/t17-/m1/s1. The fourth-order valence-electron chi connectivity index (χ4n) is 2.60. The summed E-state index contributed by atoms with van der Waals surface area (Å²) in [6.07, 6.45) is -0.845. The third-order valence-corrected chi connectivity index (χ3v) is 7.86. The Morgan fingerprint density at radius 3 is 2.43 bits per heavy atom. The first-order valence-electron chi connectivity index (χ1n) is 8.41. The number of rotatable bonds is 6. The number of aryl methyl sites for hydroxylation is 1. The van der Waals surface area contributed by atoms with Gasteiger partial charge in [-0.15, -0.1) is 11.3 Å². The fraction of sp³-hybridized carbons (Fsp3) is 0.150. The summed E-state index contributed by atoms with van der Waals surface area (Å²) in [6.45, 7) is 1.71. The van der Waals surface area contributed by atoms with E-state index in [1.54, 1.807) is 31.2 Å². The van der Waals surface area contributed by atoms with E-state index in [9.17, 15) is 18.3 Å². The smallest absolute Gasteiger partial charge is 0.261 e. The number of carbonyl (C=O) groups excluding carboxylic acids is 1. The summed E-state index contributed by atoms with van der Waals surface area (Å²) in [6, 6.07) is 16.3. The zero-order valence-corrected chi connectivity index (χ0v) is 17.3. The van der Waals surface area contributed by atoms with Gasteiger partial charge >= 0.3 is 0 Å². The van der Waals surface area contributed by atoms with Gasteiger partial charge in [-0.25, -0.2) is 8.42 Å². The molecule has 3 rings (SSSR count). The number of nitrogens with one attached hydrogen (secondary N) is 1. The summed E-state index contributed by atoms with van der Waals surface area (Å²) >= 11 is 6.72. The van der Waals surface area contributed by atoms with Gasteiger partial charge < -0.3 is 10.4 Å². The summed E-state index contributed by atoms with van der Waals surface area (Å²) in [7, 11) is -3.73. The number of halogens is 1. The topological polar surface area (TPSA) is 83.5 Å². The van der Waals surface area contributed by atoms with Crippen LogP contribution in [0.5, 0.6) is 0 Å². The number of hydrogen-bond donors (Lipinski definition) is 2. The summed E-state index contributed by atoms with van der Waals surface area (Å²) in [4.78, 5) is 12.9. The highest BCUT2D eigenvalue weighted by Gasteiger charge is 2.24. The molecule has 0 aliphatic heterocycles. The van der Waals surface area contributed by atoms with E-state index in [2.05, 4.69) is 5.32 Å². The molecule has 0 fully saturated rings. The molecule has 28 heavy (non-hydrogen) atoms. The number of carbonyl (C=O) groups is 1. The Hall–Kier alpha value is -2.19. The van der Waals surface area contributed by atoms with E-state index in [1.165, 1.54) is 30.3 Å². The van der Waals surface area contributed by atoms with Crippen LogP contribution in [0, 0.1) is 6.92 Å². The molecule has 1 amide bonds. The van der Waals surface area contributed by atoms with Crippen LogP contribution in [0.3, 0.4) is 0 Å². The lowest BCUT2D eigenvalue weighted by Crippen LogP contribution is -2.28. The third-order valence-electron chi connectivity index (χ3n) is 4.13. The highest BCUT2D eigenvalue weighted by molar-refractivity contribution is 7.93. The van der Waals surface area contributed by atoms with E-state index in [4.69, 9.17) is 11.6 Å². The molecular weight excluding hydrogens is 418 g/mol. The molecule has 0 radical (unpaired) electrons. The van der Waals surface area contributed by atoms with Gasteiger partial charge in [-0.2, -0.15) is 0 Å². The minimum atomic E-state index is -3.73. The molecule has 0 bridgehead atoms.